The van der Waals surface area contributed by atoms with Crippen LogP contribution < -0.4 is 0 Å². The van der Waals surface area contributed by atoms with Gasteiger partial charge >= 0.3 is 0 Å². The fourth-order valence-electron chi connectivity index (χ4n) is 4.24. The van der Waals surface area contributed by atoms with Crippen molar-refractivity contribution < 1.29 is 28.8 Å². The molecule has 0 saturated carbocycles. The zero-order valence-corrected chi connectivity index (χ0v) is 18.2. The van der Waals surface area contributed by atoms with Crippen LogP contribution >= 0.6 is 0 Å². The minimum atomic E-state index is -1.16. The lowest BCUT2D eigenvalue weighted by Crippen LogP contribution is -2.63. The molecule has 0 aromatic heterocycles. The molecule has 0 aliphatic carbocycles. The molecule has 6 atom stereocenters. The topological polar surface area (TPSA) is 66.4 Å². The molecule has 0 bridgehead atoms. The molecule has 2 heterocycles. The van der Waals surface area contributed by atoms with Crippen molar-refractivity contribution in [1.29, 1.82) is 0 Å². The summed E-state index contributed by atoms with van der Waals surface area (Å²) in [6.07, 6.45) is -3.88. The number of rotatable bonds is 7. The molecule has 2 fully saturated rings. The molecule has 0 unspecified atom stereocenters. The van der Waals surface area contributed by atoms with Crippen molar-refractivity contribution in [3.63, 3.8) is 0 Å². The van der Waals surface area contributed by atoms with Gasteiger partial charge in [-0.3, -0.25) is 0 Å². The summed E-state index contributed by atoms with van der Waals surface area (Å²) in [7, 11) is 0. The third-order valence-electron chi connectivity index (χ3n) is 5.94. The van der Waals surface area contributed by atoms with Crippen LogP contribution in [0.5, 0.6) is 0 Å². The lowest BCUT2D eigenvalue weighted by atomic mass is 9.97. The second-order valence-electron chi connectivity index (χ2n) is 8.26. The minimum Gasteiger partial charge on any atom is -0.368 e. The Kier molecular flexibility index (Phi) is 7.12. The predicted octanol–water partition coefficient (Wildman–Crippen LogP) is 3.99. The zero-order valence-electron chi connectivity index (χ0n) is 18.2. The second kappa shape index (κ2) is 10.6. The van der Waals surface area contributed by atoms with Gasteiger partial charge in [0.1, 0.15) is 24.4 Å². The van der Waals surface area contributed by atoms with Gasteiger partial charge in [-0.2, -0.15) is 0 Å². The van der Waals surface area contributed by atoms with Crippen molar-refractivity contribution in [2.75, 3.05) is 6.61 Å². The van der Waals surface area contributed by atoms with E-state index in [0.717, 1.165) is 16.7 Å². The fraction of sp³-hybridized carbons (Fsp3) is 0.333. The van der Waals surface area contributed by atoms with Crippen molar-refractivity contribution in [3.05, 3.63) is 108 Å². The summed E-state index contributed by atoms with van der Waals surface area (Å²) in [6, 6.07) is 29.5. The largest absolute Gasteiger partial charge is 0.368 e. The molecule has 0 spiro atoms. The Balaban J connectivity index is 1.36. The molecule has 3 aromatic carbocycles. The van der Waals surface area contributed by atoms with E-state index in [4.69, 9.17) is 23.7 Å². The maximum atomic E-state index is 10.8. The smallest absolute Gasteiger partial charge is 0.184 e. The Morgan fingerprint density at radius 3 is 1.85 bits per heavy atom. The number of fused-ring (bicyclic) bond motifs is 1. The van der Waals surface area contributed by atoms with Crippen LogP contribution in [0.4, 0.5) is 0 Å². The van der Waals surface area contributed by atoms with Crippen LogP contribution in [-0.4, -0.2) is 42.4 Å². The van der Waals surface area contributed by atoms with Gasteiger partial charge in [0, 0.05) is 5.56 Å². The van der Waals surface area contributed by atoms with E-state index >= 15 is 0 Å². The number of hydrogen-bond donors (Lipinski definition) is 1. The highest BCUT2D eigenvalue weighted by atomic mass is 16.7. The molecule has 1 N–H and O–H groups in total. The molecule has 6 nitrogen and oxygen atoms in total. The van der Waals surface area contributed by atoms with Gasteiger partial charge in [0.15, 0.2) is 12.6 Å². The van der Waals surface area contributed by atoms with Crippen molar-refractivity contribution in [1.82, 2.24) is 0 Å². The quantitative estimate of drug-likeness (QED) is 0.590. The number of aliphatic hydroxyl groups is 1. The Bertz CT molecular complexity index is 983. The van der Waals surface area contributed by atoms with Gasteiger partial charge in [0.05, 0.1) is 19.8 Å². The SMILES string of the molecule is O[C@H]1O[C@@H]2CO[C@@H](c3ccccc3)O[C@H]2[C@H](OCc2ccccc2)[C@@H]1OCc1ccccc1. The van der Waals surface area contributed by atoms with Crippen molar-refractivity contribution in [3.8, 4) is 0 Å². The van der Waals surface area contributed by atoms with Crippen LogP contribution in [0.2, 0.25) is 0 Å². The standard InChI is InChI=1S/C27H28O6/c28-26-25(30-17-20-12-6-2-7-13-20)24(29-16-19-10-4-1-5-11-19)23-22(32-26)18-31-27(33-23)21-14-8-3-9-15-21/h1-15,22-28H,16-18H2/t22-,23-,24+,25+,26+,27-/m1/s1. The Labute approximate surface area is 193 Å². The first-order chi connectivity index (χ1) is 16.3. The lowest BCUT2D eigenvalue weighted by molar-refractivity contribution is -0.366. The lowest BCUT2D eigenvalue weighted by Gasteiger charge is -2.47. The predicted molar refractivity (Wildman–Crippen MR) is 121 cm³/mol. The zero-order chi connectivity index (χ0) is 22.5. The van der Waals surface area contributed by atoms with Crippen LogP contribution in [0, 0.1) is 0 Å². The molecule has 2 aliphatic rings. The molecule has 0 radical (unpaired) electrons. The van der Waals surface area contributed by atoms with Crippen LogP contribution in [0.3, 0.4) is 0 Å². The van der Waals surface area contributed by atoms with E-state index in [-0.39, 0.29) is 6.61 Å². The highest BCUT2D eigenvalue weighted by Gasteiger charge is 2.51. The van der Waals surface area contributed by atoms with Gasteiger partial charge < -0.3 is 28.8 Å². The fourth-order valence-corrected chi connectivity index (χ4v) is 4.24. The van der Waals surface area contributed by atoms with Crippen molar-refractivity contribution in [2.24, 2.45) is 0 Å². The average Bonchev–Trinajstić information content (AvgIpc) is 2.88. The van der Waals surface area contributed by atoms with Crippen molar-refractivity contribution >= 4 is 0 Å². The van der Waals surface area contributed by atoms with Crippen LogP contribution in [0.15, 0.2) is 91.0 Å². The average molecular weight is 449 g/mol. The molecule has 2 saturated heterocycles. The van der Waals surface area contributed by atoms with E-state index in [1.165, 1.54) is 0 Å². The van der Waals surface area contributed by atoms with E-state index in [0.29, 0.717) is 13.2 Å². The molecule has 33 heavy (non-hydrogen) atoms. The minimum absolute atomic E-state index is 0.290. The first-order valence-electron chi connectivity index (χ1n) is 11.2. The van der Waals surface area contributed by atoms with Gasteiger partial charge in [-0.15, -0.1) is 0 Å². The van der Waals surface area contributed by atoms with Gasteiger partial charge in [0.25, 0.3) is 0 Å². The molecular formula is C27H28O6. The number of ether oxygens (including phenoxy) is 5. The highest BCUT2D eigenvalue weighted by molar-refractivity contribution is 5.17. The van der Waals surface area contributed by atoms with E-state index < -0.39 is 37.0 Å². The number of hydrogen-bond acceptors (Lipinski definition) is 6. The summed E-state index contributed by atoms with van der Waals surface area (Å²) in [5.74, 6) is 0. The summed E-state index contributed by atoms with van der Waals surface area (Å²) in [4.78, 5) is 0. The van der Waals surface area contributed by atoms with Gasteiger partial charge in [0.2, 0.25) is 0 Å². The molecule has 3 aromatic rings. The summed E-state index contributed by atoms with van der Waals surface area (Å²) in [5.41, 5.74) is 2.96. The second-order valence-corrected chi connectivity index (χ2v) is 8.26. The maximum absolute atomic E-state index is 10.8. The normalized spacial score (nSPS) is 29.4. The van der Waals surface area contributed by atoms with Crippen LogP contribution in [-0.2, 0) is 36.9 Å². The Morgan fingerprint density at radius 1 is 0.697 bits per heavy atom. The first kappa shape index (κ1) is 22.2. The summed E-state index contributed by atoms with van der Waals surface area (Å²) < 4.78 is 30.6. The maximum Gasteiger partial charge on any atom is 0.184 e. The number of aliphatic hydroxyl groups excluding tert-OH is 1. The highest BCUT2D eigenvalue weighted by Crippen LogP contribution is 2.36. The van der Waals surface area contributed by atoms with Crippen LogP contribution in [0.1, 0.15) is 23.0 Å². The van der Waals surface area contributed by atoms with Crippen molar-refractivity contribution in [2.45, 2.75) is 50.2 Å². The molecule has 6 heteroatoms. The summed E-state index contributed by atoms with van der Waals surface area (Å²) in [5, 5.41) is 10.8. The van der Waals surface area contributed by atoms with Crippen LogP contribution in [0.25, 0.3) is 0 Å². The monoisotopic (exact) mass is 448 g/mol. The molecule has 172 valence electrons. The molecule has 2 aliphatic heterocycles. The summed E-state index contributed by atoms with van der Waals surface area (Å²) in [6.45, 7) is 0.984. The van der Waals surface area contributed by atoms with Gasteiger partial charge in [-0.25, -0.2) is 0 Å². The first-order valence-corrected chi connectivity index (χ1v) is 11.2. The third kappa shape index (κ3) is 5.33. The van der Waals surface area contributed by atoms with E-state index in [1.54, 1.807) is 0 Å². The molecule has 0 amide bonds. The van der Waals surface area contributed by atoms with E-state index in [1.807, 2.05) is 91.0 Å². The molecular weight excluding hydrogens is 420 g/mol. The third-order valence-corrected chi connectivity index (χ3v) is 5.94. The Morgan fingerprint density at radius 2 is 1.24 bits per heavy atom. The van der Waals surface area contributed by atoms with E-state index in [9.17, 15) is 5.11 Å². The van der Waals surface area contributed by atoms with Gasteiger partial charge in [-0.1, -0.05) is 91.0 Å². The Hall–Kier alpha value is -2.58. The number of benzene rings is 3. The van der Waals surface area contributed by atoms with E-state index in [2.05, 4.69) is 0 Å². The van der Waals surface area contributed by atoms with Gasteiger partial charge in [-0.05, 0) is 11.1 Å². The molecule has 5 rings (SSSR count). The summed E-state index contributed by atoms with van der Waals surface area (Å²) >= 11 is 0.